The Bertz CT molecular complexity index is 1030. The molecule has 2 unspecified atom stereocenters. The number of carbonyl (C=O) groups excluding carboxylic acids is 2. The van der Waals surface area contributed by atoms with Crippen molar-refractivity contribution in [3.63, 3.8) is 0 Å². The molecule has 3 saturated heterocycles. The van der Waals surface area contributed by atoms with Gasteiger partial charge in [-0.3, -0.25) is 23.8 Å². The number of piperazine rings is 1. The number of anilines is 1. The molecule has 3 aliphatic heterocycles. The van der Waals surface area contributed by atoms with Gasteiger partial charge in [-0.25, -0.2) is 4.21 Å². The molecule has 2 bridgehead atoms. The molecule has 5 rings (SSSR count). The lowest BCUT2D eigenvalue weighted by atomic mass is 10.0. The Morgan fingerprint density at radius 2 is 2.00 bits per heavy atom. The third kappa shape index (κ3) is 3.92. The van der Waals surface area contributed by atoms with Crippen molar-refractivity contribution in [2.24, 2.45) is 11.8 Å². The fourth-order valence-electron chi connectivity index (χ4n) is 6.06. The Balaban J connectivity index is 1.21. The maximum Gasteiger partial charge on any atom is 0.259 e. The van der Waals surface area contributed by atoms with E-state index in [0.29, 0.717) is 18.2 Å². The van der Waals surface area contributed by atoms with Crippen LogP contribution < -0.4 is 4.72 Å². The molecule has 1 aliphatic carbocycles. The summed E-state index contributed by atoms with van der Waals surface area (Å²) in [7, 11) is 0. The van der Waals surface area contributed by atoms with E-state index in [-0.39, 0.29) is 47.9 Å². The molecular weight excluding hydrogens is 442 g/mol. The van der Waals surface area contributed by atoms with Crippen LogP contribution in [0.1, 0.15) is 44.7 Å². The number of hydrogen-bond acceptors (Lipinski definition) is 5. The van der Waals surface area contributed by atoms with E-state index >= 15 is 0 Å². The van der Waals surface area contributed by atoms with Gasteiger partial charge in [0, 0.05) is 36.8 Å². The Morgan fingerprint density at radius 3 is 2.64 bits per heavy atom. The molecule has 0 spiro atoms. The molecule has 4 aliphatic rings. The van der Waals surface area contributed by atoms with Crippen molar-refractivity contribution in [1.29, 1.82) is 5.26 Å². The quantitative estimate of drug-likeness (QED) is 0.585. The van der Waals surface area contributed by atoms with Gasteiger partial charge >= 0.3 is 0 Å². The number of likely N-dealkylation sites (tertiary alicyclic amines) is 3. The zero-order chi connectivity index (χ0) is 23.4. The highest BCUT2D eigenvalue weighted by Crippen LogP contribution is 2.48. The summed E-state index contributed by atoms with van der Waals surface area (Å²) in [5, 5.41) is 9.41. The van der Waals surface area contributed by atoms with E-state index in [4.69, 9.17) is 4.55 Å². The number of benzene rings is 1. The predicted molar refractivity (Wildman–Crippen MR) is 122 cm³/mol. The van der Waals surface area contributed by atoms with Crippen LogP contribution in [0.4, 0.5) is 5.69 Å². The monoisotopic (exact) mass is 471 g/mol. The molecule has 1 aromatic rings. The first-order valence-corrected chi connectivity index (χ1v) is 12.6. The van der Waals surface area contributed by atoms with E-state index in [0.717, 1.165) is 31.4 Å². The standard InChI is InChI=1S/C23H29N5O4S/c1-13(22(29)28-18(10-24)7-16-8-20(16)28)11-26-12-19-9-21(26)23(30)27(19)14(2)15-3-5-17(6-4-15)25-33(31)32/h3-6,13-14,16,18-21,25H,7-9,11-12H2,1-2H3,(H,31,32)/t13-,14+,16+,18-,19-,20?,21-/m0/s1. The maximum atomic E-state index is 13.2. The molecule has 2 amide bonds. The first-order chi connectivity index (χ1) is 15.8. The fourth-order valence-corrected chi connectivity index (χ4v) is 6.40. The lowest BCUT2D eigenvalue weighted by Crippen LogP contribution is -2.53. The highest BCUT2D eigenvalue weighted by molar-refractivity contribution is 7.80. The molecule has 33 heavy (non-hydrogen) atoms. The van der Waals surface area contributed by atoms with Crippen LogP contribution in [0.25, 0.3) is 0 Å². The summed E-state index contributed by atoms with van der Waals surface area (Å²) in [6.07, 6.45) is 2.59. The fraction of sp³-hybridized carbons (Fsp3) is 0.609. The van der Waals surface area contributed by atoms with E-state index in [1.165, 1.54) is 0 Å². The Labute approximate surface area is 196 Å². The van der Waals surface area contributed by atoms with E-state index in [1.807, 2.05) is 35.8 Å². The second-order valence-electron chi connectivity index (χ2n) is 9.84. The molecule has 0 aromatic heterocycles. The highest BCUT2D eigenvalue weighted by atomic mass is 32.2. The normalized spacial score (nSPS) is 32.9. The topological polar surface area (TPSA) is 117 Å². The van der Waals surface area contributed by atoms with E-state index in [9.17, 15) is 19.1 Å². The van der Waals surface area contributed by atoms with Gasteiger partial charge in [-0.2, -0.15) is 5.26 Å². The lowest BCUT2D eigenvalue weighted by molar-refractivity contribution is -0.142. The largest absolute Gasteiger partial charge is 0.330 e. The van der Waals surface area contributed by atoms with Gasteiger partial charge in [0.05, 0.1) is 18.2 Å². The number of nitrogens with one attached hydrogen (secondary N) is 1. The number of carbonyl (C=O) groups is 2. The van der Waals surface area contributed by atoms with Crippen molar-refractivity contribution in [1.82, 2.24) is 14.7 Å². The van der Waals surface area contributed by atoms with Gasteiger partial charge in [0.2, 0.25) is 11.8 Å². The van der Waals surface area contributed by atoms with E-state index in [1.54, 1.807) is 12.1 Å². The van der Waals surface area contributed by atoms with Gasteiger partial charge in [0.1, 0.15) is 6.04 Å². The van der Waals surface area contributed by atoms with Crippen LogP contribution in [0.15, 0.2) is 24.3 Å². The Hall–Kier alpha value is -2.48. The smallest absolute Gasteiger partial charge is 0.259 e. The average molecular weight is 472 g/mol. The summed E-state index contributed by atoms with van der Waals surface area (Å²) in [5.74, 6) is 0.399. The maximum absolute atomic E-state index is 13.2. The lowest BCUT2D eigenvalue weighted by Gasteiger charge is -2.38. The molecule has 3 heterocycles. The summed E-state index contributed by atoms with van der Waals surface area (Å²) in [5.41, 5.74) is 1.51. The van der Waals surface area contributed by atoms with Crippen LogP contribution in [-0.2, 0) is 20.9 Å². The van der Waals surface area contributed by atoms with Crippen LogP contribution in [0.3, 0.4) is 0 Å². The van der Waals surface area contributed by atoms with Gasteiger partial charge in [-0.15, -0.1) is 0 Å². The van der Waals surface area contributed by atoms with E-state index < -0.39 is 11.3 Å². The molecule has 1 saturated carbocycles. The number of amides is 2. The summed E-state index contributed by atoms with van der Waals surface area (Å²) in [4.78, 5) is 32.2. The van der Waals surface area contributed by atoms with Crippen molar-refractivity contribution in [3.8, 4) is 6.07 Å². The van der Waals surface area contributed by atoms with Crippen LogP contribution >= 0.6 is 0 Å². The summed E-state index contributed by atoms with van der Waals surface area (Å²) < 4.78 is 22.3. The third-order valence-electron chi connectivity index (χ3n) is 7.77. The van der Waals surface area contributed by atoms with Crippen LogP contribution in [-0.4, -0.2) is 72.5 Å². The van der Waals surface area contributed by atoms with Gasteiger partial charge in [0.25, 0.3) is 11.3 Å². The van der Waals surface area contributed by atoms with Crippen LogP contribution in [0, 0.1) is 23.2 Å². The molecule has 2 N–H and O–H groups in total. The third-order valence-corrected chi connectivity index (χ3v) is 8.18. The summed E-state index contributed by atoms with van der Waals surface area (Å²) in [6.45, 7) is 5.20. The molecule has 10 heteroatoms. The second kappa shape index (κ2) is 8.38. The van der Waals surface area contributed by atoms with Crippen molar-refractivity contribution in [2.75, 3.05) is 17.8 Å². The number of nitrogens with zero attached hydrogens (tertiary/aromatic N) is 4. The highest BCUT2D eigenvalue weighted by Gasteiger charge is 2.55. The Kier molecular flexibility index (Phi) is 5.67. The number of fused-ring (bicyclic) bond motifs is 3. The zero-order valence-corrected chi connectivity index (χ0v) is 19.6. The van der Waals surface area contributed by atoms with Crippen molar-refractivity contribution >= 4 is 28.8 Å². The summed E-state index contributed by atoms with van der Waals surface area (Å²) in [6, 6.07) is 9.23. The van der Waals surface area contributed by atoms with Crippen LogP contribution in [0.2, 0.25) is 0 Å². The number of hydrogen-bond donors (Lipinski definition) is 2. The van der Waals surface area contributed by atoms with Crippen molar-refractivity contribution < 1.29 is 18.4 Å². The van der Waals surface area contributed by atoms with Crippen molar-refractivity contribution in [2.45, 2.75) is 63.3 Å². The second-order valence-corrected chi connectivity index (χ2v) is 10.5. The number of piperidine rings is 1. The minimum absolute atomic E-state index is 0.0458. The predicted octanol–water partition coefficient (Wildman–Crippen LogP) is 1.73. The average Bonchev–Trinajstić information content (AvgIpc) is 3.12. The molecule has 1 aromatic carbocycles. The summed E-state index contributed by atoms with van der Waals surface area (Å²) >= 11 is -2.12. The molecule has 0 radical (unpaired) electrons. The molecular formula is C23H29N5O4S. The zero-order valence-electron chi connectivity index (χ0n) is 18.8. The molecule has 4 fully saturated rings. The minimum Gasteiger partial charge on any atom is -0.330 e. The SMILES string of the molecule is C[C@H](c1ccc(NS(=O)O)cc1)N1C(=O)[C@@H]2C[C@H]1CN2C[C@H](C)C(=O)N1C2C[C@H]2C[C@H]1C#N. The minimum atomic E-state index is -2.12. The van der Waals surface area contributed by atoms with Gasteiger partial charge in [-0.1, -0.05) is 19.1 Å². The molecule has 8 atom stereocenters. The van der Waals surface area contributed by atoms with Gasteiger partial charge in [-0.05, 0) is 49.8 Å². The number of rotatable bonds is 7. The first-order valence-electron chi connectivity index (χ1n) is 11.5. The van der Waals surface area contributed by atoms with Gasteiger partial charge in [0.15, 0.2) is 0 Å². The van der Waals surface area contributed by atoms with Crippen molar-refractivity contribution in [3.05, 3.63) is 29.8 Å². The van der Waals surface area contributed by atoms with E-state index in [2.05, 4.69) is 15.7 Å². The van der Waals surface area contributed by atoms with Crippen LogP contribution in [0.5, 0.6) is 0 Å². The molecule has 176 valence electrons. The Morgan fingerprint density at radius 1 is 1.27 bits per heavy atom. The first kappa shape index (κ1) is 22.3. The van der Waals surface area contributed by atoms with Gasteiger partial charge < -0.3 is 9.80 Å². The number of nitriles is 1. The molecule has 9 nitrogen and oxygen atoms in total.